The Kier molecular flexibility index (Phi) is 6.08. The molecule has 168 valence electrons. The molecule has 0 radical (unpaired) electrons. The largest absolute Gasteiger partial charge is 0.507 e. The van der Waals surface area contributed by atoms with Gasteiger partial charge in [0.1, 0.15) is 11.6 Å². The van der Waals surface area contributed by atoms with Gasteiger partial charge in [0.25, 0.3) is 11.7 Å². The van der Waals surface area contributed by atoms with Crippen molar-refractivity contribution >= 4 is 17.4 Å². The molecule has 1 aromatic heterocycles. The summed E-state index contributed by atoms with van der Waals surface area (Å²) in [6.45, 7) is 0.109. The SMILES string of the molecule is COc1ccc(/C(O)=C2/C(=O)C(=O)N(Cc3ccncc3)C2c2ccc(F)cc2)cc1OC. The number of hydrogen-bond donors (Lipinski definition) is 1. The highest BCUT2D eigenvalue weighted by atomic mass is 19.1. The number of ether oxygens (including phenoxy) is 2. The lowest BCUT2D eigenvalue weighted by molar-refractivity contribution is -0.140. The number of aliphatic hydroxyl groups excluding tert-OH is 1. The van der Waals surface area contributed by atoms with Crippen molar-refractivity contribution in [3.05, 3.63) is 95.1 Å². The first-order valence-corrected chi connectivity index (χ1v) is 10.1. The Hall–Kier alpha value is -4.20. The number of Topliss-reactive ketones (excluding diaryl/α,β-unsaturated/α-hetero) is 1. The summed E-state index contributed by atoms with van der Waals surface area (Å²) in [6, 6.07) is 12.7. The number of aliphatic hydroxyl groups is 1. The Morgan fingerprint density at radius 3 is 2.30 bits per heavy atom. The molecule has 3 aromatic rings. The summed E-state index contributed by atoms with van der Waals surface area (Å²) in [5, 5.41) is 11.2. The predicted octanol–water partition coefficient (Wildman–Crippen LogP) is 3.86. The van der Waals surface area contributed by atoms with Crippen molar-refractivity contribution in [2.45, 2.75) is 12.6 Å². The van der Waals surface area contributed by atoms with E-state index in [1.807, 2.05) is 0 Å². The lowest BCUT2D eigenvalue weighted by Crippen LogP contribution is -2.29. The van der Waals surface area contributed by atoms with Crippen LogP contribution in [0.2, 0.25) is 0 Å². The van der Waals surface area contributed by atoms with Crippen molar-refractivity contribution < 1.29 is 28.6 Å². The molecule has 1 aliphatic heterocycles. The molecule has 7 nitrogen and oxygen atoms in total. The number of amides is 1. The molecule has 1 saturated heterocycles. The van der Waals surface area contributed by atoms with Crippen LogP contribution in [-0.2, 0) is 16.1 Å². The number of aromatic nitrogens is 1. The summed E-state index contributed by atoms with van der Waals surface area (Å²) in [6.07, 6.45) is 3.17. The van der Waals surface area contributed by atoms with E-state index >= 15 is 0 Å². The Morgan fingerprint density at radius 1 is 1.00 bits per heavy atom. The minimum Gasteiger partial charge on any atom is -0.507 e. The number of halogens is 1. The normalized spacial score (nSPS) is 17.3. The van der Waals surface area contributed by atoms with Crippen LogP contribution in [0, 0.1) is 5.82 Å². The van der Waals surface area contributed by atoms with Gasteiger partial charge in [0.2, 0.25) is 0 Å². The second-order valence-electron chi connectivity index (χ2n) is 7.40. The molecule has 2 heterocycles. The fraction of sp³-hybridized carbons (Fsp3) is 0.160. The number of ketones is 1. The van der Waals surface area contributed by atoms with Crippen molar-refractivity contribution in [1.29, 1.82) is 0 Å². The van der Waals surface area contributed by atoms with Gasteiger partial charge in [-0.05, 0) is 53.6 Å². The van der Waals surface area contributed by atoms with Crippen LogP contribution in [-0.4, -0.2) is 40.9 Å². The van der Waals surface area contributed by atoms with Gasteiger partial charge in [-0.1, -0.05) is 12.1 Å². The van der Waals surface area contributed by atoms with Crippen molar-refractivity contribution in [3.63, 3.8) is 0 Å². The van der Waals surface area contributed by atoms with Crippen LogP contribution >= 0.6 is 0 Å². The summed E-state index contributed by atoms with van der Waals surface area (Å²) >= 11 is 0. The van der Waals surface area contributed by atoms with E-state index in [9.17, 15) is 19.1 Å². The Labute approximate surface area is 189 Å². The molecule has 1 N–H and O–H groups in total. The molecular formula is C25H21FN2O5. The van der Waals surface area contributed by atoms with E-state index in [0.29, 0.717) is 17.1 Å². The molecule has 0 aliphatic carbocycles. The monoisotopic (exact) mass is 448 g/mol. The predicted molar refractivity (Wildman–Crippen MR) is 118 cm³/mol. The number of methoxy groups -OCH3 is 2. The molecule has 1 unspecified atom stereocenters. The number of carbonyl (C=O) groups is 2. The average molecular weight is 448 g/mol. The van der Waals surface area contributed by atoms with Gasteiger partial charge in [-0.25, -0.2) is 4.39 Å². The molecule has 1 fully saturated rings. The highest BCUT2D eigenvalue weighted by Crippen LogP contribution is 2.41. The smallest absolute Gasteiger partial charge is 0.295 e. The Bertz CT molecular complexity index is 1230. The van der Waals surface area contributed by atoms with Crippen LogP contribution in [0.15, 0.2) is 72.6 Å². The third-order valence-corrected chi connectivity index (χ3v) is 5.48. The van der Waals surface area contributed by atoms with E-state index in [4.69, 9.17) is 9.47 Å². The summed E-state index contributed by atoms with van der Waals surface area (Å²) in [5.41, 5.74) is 1.44. The highest BCUT2D eigenvalue weighted by molar-refractivity contribution is 6.46. The number of carbonyl (C=O) groups excluding carboxylic acids is 2. The van der Waals surface area contributed by atoms with E-state index < -0.39 is 23.5 Å². The highest BCUT2D eigenvalue weighted by Gasteiger charge is 2.46. The Morgan fingerprint density at radius 2 is 1.67 bits per heavy atom. The van der Waals surface area contributed by atoms with Gasteiger partial charge in [-0.3, -0.25) is 14.6 Å². The molecular weight excluding hydrogens is 427 g/mol. The lowest BCUT2D eigenvalue weighted by Gasteiger charge is -2.25. The average Bonchev–Trinajstić information content (AvgIpc) is 3.09. The number of nitrogens with zero attached hydrogens (tertiary/aromatic N) is 2. The van der Waals surface area contributed by atoms with Gasteiger partial charge in [0, 0.05) is 24.5 Å². The summed E-state index contributed by atoms with van der Waals surface area (Å²) < 4.78 is 24.1. The first kappa shape index (κ1) is 22.0. The molecule has 0 saturated carbocycles. The van der Waals surface area contributed by atoms with E-state index in [0.717, 1.165) is 5.56 Å². The zero-order valence-corrected chi connectivity index (χ0v) is 18.0. The van der Waals surface area contributed by atoms with E-state index in [-0.39, 0.29) is 23.4 Å². The molecule has 4 rings (SSSR count). The number of rotatable bonds is 6. The van der Waals surface area contributed by atoms with Gasteiger partial charge in [-0.15, -0.1) is 0 Å². The quantitative estimate of drug-likeness (QED) is 0.350. The minimum atomic E-state index is -0.910. The van der Waals surface area contributed by atoms with Crippen LogP contribution in [0.5, 0.6) is 11.5 Å². The number of pyridine rings is 1. The zero-order valence-electron chi connectivity index (χ0n) is 18.0. The molecule has 8 heteroatoms. The molecule has 0 spiro atoms. The fourth-order valence-electron chi connectivity index (χ4n) is 3.86. The summed E-state index contributed by atoms with van der Waals surface area (Å²) in [7, 11) is 2.93. The topological polar surface area (TPSA) is 89.0 Å². The summed E-state index contributed by atoms with van der Waals surface area (Å²) in [5.74, 6) is -1.60. The van der Waals surface area contributed by atoms with Crippen LogP contribution in [0.4, 0.5) is 4.39 Å². The maximum absolute atomic E-state index is 13.6. The van der Waals surface area contributed by atoms with Crippen LogP contribution in [0.1, 0.15) is 22.7 Å². The van der Waals surface area contributed by atoms with Crippen molar-refractivity contribution in [2.24, 2.45) is 0 Å². The molecule has 33 heavy (non-hydrogen) atoms. The first-order chi connectivity index (χ1) is 15.9. The van der Waals surface area contributed by atoms with E-state index in [1.165, 1.54) is 49.5 Å². The third kappa shape index (κ3) is 4.15. The number of hydrogen-bond acceptors (Lipinski definition) is 6. The molecule has 2 aromatic carbocycles. The van der Waals surface area contributed by atoms with Crippen molar-refractivity contribution in [2.75, 3.05) is 14.2 Å². The van der Waals surface area contributed by atoms with Crippen LogP contribution < -0.4 is 9.47 Å². The van der Waals surface area contributed by atoms with Crippen LogP contribution in [0.3, 0.4) is 0 Å². The van der Waals surface area contributed by atoms with E-state index in [2.05, 4.69) is 4.98 Å². The maximum Gasteiger partial charge on any atom is 0.295 e. The first-order valence-electron chi connectivity index (χ1n) is 10.1. The number of likely N-dealkylation sites (tertiary alicyclic amines) is 1. The zero-order chi connectivity index (χ0) is 23.5. The van der Waals surface area contributed by atoms with Gasteiger partial charge in [-0.2, -0.15) is 0 Å². The second kappa shape index (κ2) is 9.12. The Balaban J connectivity index is 1.86. The van der Waals surface area contributed by atoms with E-state index in [1.54, 1.807) is 36.7 Å². The fourth-order valence-corrected chi connectivity index (χ4v) is 3.86. The van der Waals surface area contributed by atoms with Gasteiger partial charge >= 0.3 is 0 Å². The van der Waals surface area contributed by atoms with Gasteiger partial charge in [0.15, 0.2) is 11.5 Å². The number of benzene rings is 2. The van der Waals surface area contributed by atoms with Crippen LogP contribution in [0.25, 0.3) is 5.76 Å². The van der Waals surface area contributed by atoms with Crippen molar-refractivity contribution in [3.8, 4) is 11.5 Å². The third-order valence-electron chi connectivity index (χ3n) is 5.48. The van der Waals surface area contributed by atoms with Gasteiger partial charge < -0.3 is 19.5 Å². The maximum atomic E-state index is 13.6. The molecule has 1 atom stereocenters. The van der Waals surface area contributed by atoms with Gasteiger partial charge in [0.05, 0.1) is 25.8 Å². The second-order valence-corrected chi connectivity index (χ2v) is 7.40. The molecule has 1 amide bonds. The molecule has 1 aliphatic rings. The van der Waals surface area contributed by atoms with Crippen molar-refractivity contribution in [1.82, 2.24) is 9.88 Å². The minimum absolute atomic E-state index is 0.0899. The standard InChI is InChI=1S/C25H21FN2O5/c1-32-19-8-5-17(13-20(19)33-2)23(29)21-22(16-3-6-18(26)7-4-16)28(25(31)24(21)30)14-15-9-11-27-12-10-15/h3-13,22,29H,14H2,1-2H3/b23-21-. The molecule has 0 bridgehead atoms. The lowest BCUT2D eigenvalue weighted by atomic mass is 9.95. The summed E-state index contributed by atoms with van der Waals surface area (Å²) in [4.78, 5) is 31.5.